The molecular formula is C24H26N4O5S. The highest BCUT2D eigenvalue weighted by molar-refractivity contribution is 7.09. The zero-order valence-electron chi connectivity index (χ0n) is 18.9. The zero-order valence-corrected chi connectivity index (χ0v) is 19.7. The minimum atomic E-state index is -0.863. The van der Waals surface area contributed by atoms with Crippen LogP contribution in [-0.2, 0) is 28.8 Å². The minimum Gasteiger partial charge on any atom is -0.453 e. The number of alkyl carbamates (subject to hydrolysis) is 1. The summed E-state index contributed by atoms with van der Waals surface area (Å²) in [7, 11) is 1.24. The number of ether oxygens (including phenoxy) is 1. The lowest BCUT2D eigenvalue weighted by atomic mass is 10.0. The molecule has 2 atom stereocenters. The van der Waals surface area contributed by atoms with Crippen molar-refractivity contribution in [3.8, 4) is 0 Å². The molecule has 2 unspecified atom stereocenters. The van der Waals surface area contributed by atoms with Gasteiger partial charge in [0.2, 0.25) is 5.91 Å². The van der Waals surface area contributed by atoms with Gasteiger partial charge in [-0.15, -0.1) is 11.3 Å². The van der Waals surface area contributed by atoms with Crippen LogP contribution in [0.4, 0.5) is 10.5 Å². The zero-order chi connectivity index (χ0) is 24.5. The highest BCUT2D eigenvalue weighted by Gasteiger charge is 2.26. The van der Waals surface area contributed by atoms with Crippen LogP contribution in [-0.4, -0.2) is 35.1 Å². The third-order valence-corrected chi connectivity index (χ3v) is 6.22. The van der Waals surface area contributed by atoms with Crippen molar-refractivity contribution < 1.29 is 19.2 Å². The van der Waals surface area contributed by atoms with E-state index in [0.29, 0.717) is 12.1 Å². The minimum absolute atomic E-state index is 0.00327. The van der Waals surface area contributed by atoms with Crippen molar-refractivity contribution >= 4 is 29.0 Å². The average Bonchev–Trinajstić information content (AvgIpc) is 3.33. The summed E-state index contributed by atoms with van der Waals surface area (Å²) in [5.41, 5.74) is 2.39. The van der Waals surface area contributed by atoms with Gasteiger partial charge in [0.05, 0.1) is 28.8 Å². The molecule has 0 aliphatic rings. The third-order valence-electron chi connectivity index (χ3n) is 5.21. The molecule has 1 heterocycles. The number of amides is 2. The molecule has 1 aromatic heterocycles. The van der Waals surface area contributed by atoms with Gasteiger partial charge >= 0.3 is 6.09 Å². The summed E-state index contributed by atoms with van der Waals surface area (Å²) in [5, 5.41) is 19.4. The standard InChI is InChI=1S/C24H26N4O5S/c1-3-22-25-21(15-34-22)19(13-17-9-11-18(12-10-17)28(31)32)26-23(29)20(27-24(30)33-2)14-16-7-5-4-6-8-16/h4-12,15,19-20H,3,13-14H2,1-2H3,(H,26,29)(H,27,30). The highest BCUT2D eigenvalue weighted by Crippen LogP contribution is 2.23. The number of carbonyl (C=O) groups is 2. The first-order chi connectivity index (χ1) is 16.4. The number of aromatic nitrogens is 1. The Bertz CT molecular complexity index is 1120. The molecular weight excluding hydrogens is 456 g/mol. The van der Waals surface area contributed by atoms with Crippen LogP contribution in [0.3, 0.4) is 0 Å². The molecule has 3 aromatic rings. The fraction of sp³-hybridized carbons (Fsp3) is 0.292. The normalized spacial score (nSPS) is 12.4. The third kappa shape index (κ3) is 6.85. The largest absolute Gasteiger partial charge is 0.453 e. The molecule has 0 saturated carbocycles. The van der Waals surface area contributed by atoms with Gasteiger partial charge in [0.15, 0.2) is 0 Å². The van der Waals surface area contributed by atoms with Gasteiger partial charge in [-0.2, -0.15) is 0 Å². The Morgan fingerprint density at radius 3 is 2.32 bits per heavy atom. The van der Waals surface area contributed by atoms with Crippen LogP contribution in [0.1, 0.15) is 34.8 Å². The van der Waals surface area contributed by atoms with Crippen molar-refractivity contribution in [1.29, 1.82) is 0 Å². The summed E-state index contributed by atoms with van der Waals surface area (Å²) >= 11 is 1.51. The van der Waals surface area contributed by atoms with Crippen LogP contribution >= 0.6 is 11.3 Å². The van der Waals surface area contributed by atoms with Crippen LogP contribution in [0.15, 0.2) is 60.0 Å². The summed E-state index contributed by atoms with van der Waals surface area (Å²) < 4.78 is 4.71. The second kappa shape index (κ2) is 11.9. The lowest BCUT2D eigenvalue weighted by molar-refractivity contribution is -0.384. The van der Waals surface area contributed by atoms with Gasteiger partial charge < -0.3 is 15.4 Å². The number of methoxy groups -OCH3 is 1. The number of nitrogens with zero attached hydrogens (tertiary/aromatic N) is 2. The lowest BCUT2D eigenvalue weighted by Gasteiger charge is -2.22. The summed E-state index contributed by atoms with van der Waals surface area (Å²) in [4.78, 5) is 40.4. The number of non-ortho nitro benzene ring substituents is 1. The Morgan fingerprint density at radius 1 is 1.06 bits per heavy atom. The van der Waals surface area contributed by atoms with E-state index in [9.17, 15) is 19.7 Å². The van der Waals surface area contributed by atoms with Crippen molar-refractivity contribution in [2.45, 2.75) is 38.3 Å². The number of hydrogen-bond donors (Lipinski definition) is 2. The second-order valence-corrected chi connectivity index (χ2v) is 8.53. The number of aryl methyl sites for hydroxylation is 1. The number of thiazole rings is 1. The first kappa shape index (κ1) is 24.8. The maximum Gasteiger partial charge on any atom is 0.407 e. The number of carbonyl (C=O) groups excluding carboxylic acids is 2. The van der Waals surface area contributed by atoms with Gasteiger partial charge in [-0.05, 0) is 24.0 Å². The SMILES string of the molecule is CCc1nc(C(Cc2ccc([N+](=O)[O-])cc2)NC(=O)C(Cc2ccccc2)NC(=O)OC)cs1. The smallest absolute Gasteiger partial charge is 0.407 e. The summed E-state index contributed by atoms with van der Waals surface area (Å²) in [5.74, 6) is -0.382. The van der Waals surface area contributed by atoms with E-state index in [2.05, 4.69) is 15.6 Å². The number of nitro groups is 1. The van der Waals surface area contributed by atoms with Crippen molar-refractivity contribution in [3.05, 3.63) is 91.9 Å². The lowest BCUT2D eigenvalue weighted by Crippen LogP contribution is -2.49. The molecule has 2 N–H and O–H groups in total. The van der Waals surface area contributed by atoms with Gasteiger partial charge in [-0.25, -0.2) is 9.78 Å². The predicted octanol–water partition coefficient (Wildman–Crippen LogP) is 3.98. The fourth-order valence-corrected chi connectivity index (χ4v) is 4.20. The van der Waals surface area contributed by atoms with Crippen molar-refractivity contribution in [1.82, 2.24) is 15.6 Å². The summed E-state index contributed by atoms with van der Waals surface area (Å²) in [6, 6.07) is 14.2. The van der Waals surface area contributed by atoms with Crippen LogP contribution < -0.4 is 10.6 Å². The number of benzene rings is 2. The molecule has 2 aromatic carbocycles. The van der Waals surface area contributed by atoms with Crippen LogP contribution in [0.2, 0.25) is 0 Å². The van der Waals surface area contributed by atoms with E-state index in [1.807, 2.05) is 42.6 Å². The van der Waals surface area contributed by atoms with E-state index >= 15 is 0 Å². The van der Waals surface area contributed by atoms with E-state index in [-0.39, 0.29) is 18.0 Å². The fourth-order valence-electron chi connectivity index (χ4n) is 3.40. The first-order valence-electron chi connectivity index (χ1n) is 10.8. The Labute approximate surface area is 201 Å². The van der Waals surface area contributed by atoms with Crippen LogP contribution in [0, 0.1) is 10.1 Å². The molecule has 0 saturated heterocycles. The van der Waals surface area contributed by atoms with Gasteiger partial charge in [-0.1, -0.05) is 49.4 Å². The quantitative estimate of drug-likeness (QED) is 0.333. The Hall–Kier alpha value is -3.79. The molecule has 178 valence electrons. The predicted molar refractivity (Wildman–Crippen MR) is 129 cm³/mol. The van der Waals surface area contributed by atoms with Crippen molar-refractivity contribution in [2.75, 3.05) is 7.11 Å². The van der Waals surface area contributed by atoms with E-state index in [4.69, 9.17) is 4.74 Å². The number of hydrogen-bond acceptors (Lipinski definition) is 7. The molecule has 0 aliphatic carbocycles. The topological polar surface area (TPSA) is 123 Å². The molecule has 0 fully saturated rings. The molecule has 0 radical (unpaired) electrons. The molecule has 0 aliphatic heterocycles. The summed E-state index contributed by atoms with van der Waals surface area (Å²) in [6.45, 7) is 2.00. The second-order valence-electron chi connectivity index (χ2n) is 7.59. The molecule has 0 bridgehead atoms. The number of rotatable bonds is 10. The molecule has 2 amide bonds. The molecule has 10 heteroatoms. The Balaban J connectivity index is 1.83. The molecule has 3 rings (SSSR count). The maximum atomic E-state index is 13.3. The average molecular weight is 483 g/mol. The molecule has 34 heavy (non-hydrogen) atoms. The van der Waals surface area contributed by atoms with E-state index in [1.54, 1.807) is 12.1 Å². The highest BCUT2D eigenvalue weighted by atomic mass is 32.1. The van der Waals surface area contributed by atoms with Gasteiger partial charge in [0, 0.05) is 23.9 Å². The van der Waals surface area contributed by atoms with Gasteiger partial charge in [-0.3, -0.25) is 14.9 Å². The van der Waals surface area contributed by atoms with E-state index in [0.717, 1.165) is 22.6 Å². The summed E-state index contributed by atoms with van der Waals surface area (Å²) in [6.07, 6.45) is 0.726. The van der Waals surface area contributed by atoms with Crippen molar-refractivity contribution in [2.24, 2.45) is 0 Å². The Kier molecular flexibility index (Phi) is 8.69. The maximum absolute atomic E-state index is 13.3. The van der Waals surface area contributed by atoms with Gasteiger partial charge in [0.1, 0.15) is 6.04 Å². The van der Waals surface area contributed by atoms with Crippen LogP contribution in [0.5, 0.6) is 0 Å². The van der Waals surface area contributed by atoms with Crippen molar-refractivity contribution in [3.63, 3.8) is 0 Å². The van der Waals surface area contributed by atoms with E-state index in [1.165, 1.54) is 30.6 Å². The number of nitro benzene ring substituents is 1. The monoisotopic (exact) mass is 482 g/mol. The Morgan fingerprint density at radius 2 is 1.74 bits per heavy atom. The number of nitrogens with one attached hydrogen (secondary N) is 2. The first-order valence-corrected chi connectivity index (χ1v) is 11.6. The van der Waals surface area contributed by atoms with Crippen LogP contribution in [0.25, 0.3) is 0 Å². The van der Waals surface area contributed by atoms with E-state index < -0.39 is 23.1 Å². The molecule has 9 nitrogen and oxygen atoms in total. The molecule has 0 spiro atoms. The van der Waals surface area contributed by atoms with Gasteiger partial charge in [0.25, 0.3) is 5.69 Å².